The van der Waals surface area contributed by atoms with Gasteiger partial charge in [0.1, 0.15) is 29.9 Å². The van der Waals surface area contributed by atoms with E-state index in [0.29, 0.717) is 38.8 Å². The molecule has 7 atom stereocenters. The van der Waals surface area contributed by atoms with E-state index in [1.807, 2.05) is 5.32 Å². The summed E-state index contributed by atoms with van der Waals surface area (Å²) in [6.07, 6.45) is 2.38. The number of primary amides is 1. The predicted molar refractivity (Wildman–Crippen MR) is 200 cm³/mol. The molecule has 0 bridgehead atoms. The fraction of sp³-hybridized carbons (Fsp3) is 0.645. The highest BCUT2D eigenvalue weighted by Gasteiger charge is 2.36. The minimum absolute atomic E-state index is 0.0543. The van der Waals surface area contributed by atoms with Crippen molar-refractivity contribution >= 4 is 53.3 Å². The van der Waals surface area contributed by atoms with Crippen molar-refractivity contribution in [2.45, 2.75) is 87.2 Å². The number of hydrogen-bond acceptors (Lipinski definition) is 16. The highest BCUT2D eigenvalue weighted by molar-refractivity contribution is 6.02. The van der Waals surface area contributed by atoms with Crippen molar-refractivity contribution in [1.29, 1.82) is 0 Å². The largest absolute Gasteiger partial charge is 0.394 e. The first-order chi connectivity index (χ1) is 26.6. The van der Waals surface area contributed by atoms with E-state index in [1.165, 1.54) is 0 Å². The van der Waals surface area contributed by atoms with Gasteiger partial charge in [0.15, 0.2) is 5.96 Å². The van der Waals surface area contributed by atoms with Gasteiger partial charge in [-0.05, 0) is 45.2 Å². The van der Waals surface area contributed by atoms with E-state index in [0.717, 1.165) is 6.20 Å². The van der Waals surface area contributed by atoms with Crippen molar-refractivity contribution in [3.05, 3.63) is 11.9 Å². The van der Waals surface area contributed by atoms with Gasteiger partial charge in [-0.3, -0.25) is 38.6 Å². The van der Waals surface area contributed by atoms with Crippen molar-refractivity contribution in [3.8, 4) is 0 Å². The average molecular weight is 797 g/mol. The second-order valence-electron chi connectivity index (χ2n) is 13.1. The van der Waals surface area contributed by atoms with E-state index in [9.17, 15) is 43.5 Å². The summed E-state index contributed by atoms with van der Waals surface area (Å²) in [4.78, 5) is 109. The molecule has 0 radical (unpaired) electrons. The molecule has 0 aromatic heterocycles. The molecular weight excluding hydrogens is 740 g/mol. The molecule has 2 aliphatic rings. The molecule has 0 spiro atoms. The highest BCUT2D eigenvalue weighted by atomic mass is 16.3. The van der Waals surface area contributed by atoms with Gasteiger partial charge >= 0.3 is 6.03 Å². The zero-order chi connectivity index (χ0) is 41.8. The first kappa shape index (κ1) is 46.5. The van der Waals surface area contributed by atoms with Crippen LogP contribution in [0.25, 0.3) is 0 Å². The van der Waals surface area contributed by atoms with Crippen molar-refractivity contribution in [2.24, 2.45) is 39.4 Å². The second kappa shape index (κ2) is 24.0. The summed E-state index contributed by atoms with van der Waals surface area (Å²) in [5.74, 6) is -6.72. The van der Waals surface area contributed by atoms with Crippen LogP contribution in [-0.4, -0.2) is 140 Å². The van der Waals surface area contributed by atoms with Crippen LogP contribution in [0.5, 0.6) is 0 Å². The summed E-state index contributed by atoms with van der Waals surface area (Å²) in [6, 6.07) is -9.76. The molecule has 1 saturated heterocycles. The lowest BCUT2D eigenvalue weighted by Gasteiger charge is -2.31. The van der Waals surface area contributed by atoms with E-state index >= 15 is 0 Å². The zero-order valence-electron chi connectivity index (χ0n) is 30.9. The SMILES string of the molecule is NCCC[C@H](N)CC(=O)NC[C@@H]1NC(=O)[C@H](CO)NC(=O)[C@@H](NC(=O)C[C@@H](N)CCCN)CNC(=O)[C@H](C2CCN=C(N)N2)NC(=O)C(=CNC(N)=O)NC1=O. The smallest absolute Gasteiger partial charge is 0.316 e. The molecule has 2 aliphatic heterocycles. The Kier molecular flexibility index (Phi) is 19.9. The fourth-order valence-electron chi connectivity index (χ4n) is 5.42. The molecule has 2 rings (SSSR count). The van der Waals surface area contributed by atoms with Gasteiger partial charge in [0.25, 0.3) is 5.91 Å². The van der Waals surface area contributed by atoms with Gasteiger partial charge in [0.2, 0.25) is 35.4 Å². The topological polar surface area (TPSA) is 434 Å². The molecule has 0 aromatic rings. The number of aliphatic imine (C=N–C) groups is 1. The summed E-state index contributed by atoms with van der Waals surface area (Å²) < 4.78 is 0. The number of aliphatic hydroxyl groups excluding tert-OH is 1. The number of nitrogens with zero attached hydrogens (tertiary/aromatic N) is 1. The molecule has 9 amide bonds. The van der Waals surface area contributed by atoms with E-state index in [-0.39, 0.29) is 31.8 Å². The predicted octanol–water partition coefficient (Wildman–Crippen LogP) is -8.62. The number of rotatable bonds is 16. The van der Waals surface area contributed by atoms with Crippen LogP contribution in [0.4, 0.5) is 4.79 Å². The van der Waals surface area contributed by atoms with Gasteiger partial charge in [-0.25, -0.2) is 4.79 Å². The second-order valence-corrected chi connectivity index (χ2v) is 13.1. The molecule has 314 valence electrons. The normalized spacial score (nSPS) is 24.4. The molecule has 56 heavy (non-hydrogen) atoms. The number of amides is 9. The number of carbonyl (C=O) groups is 8. The van der Waals surface area contributed by atoms with E-state index in [2.05, 4.69) is 47.5 Å². The van der Waals surface area contributed by atoms with Crippen LogP contribution in [0.3, 0.4) is 0 Å². The molecule has 22 N–H and O–H groups in total. The van der Waals surface area contributed by atoms with Gasteiger partial charge in [0, 0.05) is 50.8 Å². The maximum Gasteiger partial charge on any atom is 0.316 e. The van der Waals surface area contributed by atoms with Crippen molar-refractivity contribution in [2.75, 3.05) is 39.3 Å². The number of nitrogens with one attached hydrogen (secondary N) is 9. The molecule has 1 fully saturated rings. The van der Waals surface area contributed by atoms with Crippen LogP contribution < -0.4 is 82.3 Å². The van der Waals surface area contributed by atoms with Crippen LogP contribution in [-0.2, 0) is 33.6 Å². The Labute approximate surface area is 322 Å². The number of hydrogen-bond donors (Lipinski definition) is 16. The van der Waals surface area contributed by atoms with E-state index < -0.39 is 115 Å². The number of guanidine groups is 1. The van der Waals surface area contributed by atoms with Crippen LogP contribution >= 0.6 is 0 Å². The quantitative estimate of drug-likeness (QED) is 0.0645. The van der Waals surface area contributed by atoms with Gasteiger partial charge in [0.05, 0.1) is 12.6 Å². The minimum Gasteiger partial charge on any atom is -0.394 e. The highest BCUT2D eigenvalue weighted by Crippen LogP contribution is 2.08. The Balaban J connectivity index is 2.56. The van der Waals surface area contributed by atoms with Gasteiger partial charge < -0.3 is 87.4 Å². The molecule has 25 nitrogen and oxygen atoms in total. The fourth-order valence-corrected chi connectivity index (χ4v) is 5.42. The van der Waals surface area contributed by atoms with Gasteiger partial charge in [-0.15, -0.1) is 0 Å². The zero-order valence-corrected chi connectivity index (χ0v) is 30.9. The maximum atomic E-state index is 13.8. The van der Waals surface area contributed by atoms with Crippen LogP contribution in [0, 0.1) is 0 Å². The summed E-state index contributed by atoms with van der Waals surface area (Å²) in [5.41, 5.74) is 33.4. The minimum atomic E-state index is -1.75. The van der Waals surface area contributed by atoms with Crippen molar-refractivity contribution < 1.29 is 43.5 Å². The Bertz CT molecular complexity index is 1480. The summed E-state index contributed by atoms with van der Waals surface area (Å²) >= 11 is 0. The number of aliphatic hydroxyl groups is 1. The third-order valence-electron chi connectivity index (χ3n) is 8.43. The third-order valence-corrected chi connectivity index (χ3v) is 8.43. The van der Waals surface area contributed by atoms with Gasteiger partial charge in [-0.1, -0.05) is 0 Å². The number of nitrogens with two attached hydrogens (primary N) is 6. The lowest BCUT2D eigenvalue weighted by molar-refractivity contribution is -0.135. The van der Waals surface area contributed by atoms with Crippen molar-refractivity contribution in [1.82, 2.24) is 47.9 Å². The number of urea groups is 1. The molecule has 2 heterocycles. The van der Waals surface area contributed by atoms with Crippen LogP contribution in [0.2, 0.25) is 0 Å². The Morgan fingerprint density at radius 3 is 2.07 bits per heavy atom. The maximum absolute atomic E-state index is 13.8. The van der Waals surface area contributed by atoms with E-state index in [4.69, 9.17) is 34.4 Å². The Morgan fingerprint density at radius 1 is 0.857 bits per heavy atom. The lowest BCUT2D eigenvalue weighted by atomic mass is 10.0. The first-order valence-electron chi connectivity index (χ1n) is 18.0. The lowest BCUT2D eigenvalue weighted by Crippen LogP contribution is -2.64. The van der Waals surface area contributed by atoms with Crippen LogP contribution in [0.1, 0.15) is 44.9 Å². The van der Waals surface area contributed by atoms with Crippen LogP contribution in [0.15, 0.2) is 16.9 Å². The summed E-state index contributed by atoms with van der Waals surface area (Å²) in [5, 5.41) is 31.6. The molecule has 0 aliphatic carbocycles. The Hall–Kier alpha value is -5.63. The monoisotopic (exact) mass is 796 g/mol. The molecule has 1 unspecified atom stereocenters. The molecule has 0 aromatic carbocycles. The standard InChI is InChI=1S/C31H56N16O9/c32-6-1-3-15(34)9-22(49)39-11-19-26(52)43-20(13-41-31(37)56)27(53)47-24(17-5-8-38-30(36)46-17)29(55)40-12-18(25(51)45-21(14-48)28(54)44-19)42-23(50)10-16(35)4-2-7-33/h13,15-19,21,24,48H,1-12,14,32-35H2,(H,39,49)(H,40,55)(H,42,50)(H,43,52)(H,44,54)(H,45,51)(H,47,53)(H3,36,38,46)(H3,37,41,56)/t15-,16-,17?,18-,19-,21-,24-/m0/s1. The van der Waals surface area contributed by atoms with Gasteiger partial charge in [-0.2, -0.15) is 0 Å². The first-order valence-corrected chi connectivity index (χ1v) is 18.0. The molecular formula is C31H56N16O9. The third kappa shape index (κ3) is 16.4. The van der Waals surface area contributed by atoms with E-state index in [1.54, 1.807) is 0 Å². The number of carbonyl (C=O) groups excluding carboxylic acids is 8. The summed E-state index contributed by atoms with van der Waals surface area (Å²) in [7, 11) is 0. The Morgan fingerprint density at radius 2 is 1.48 bits per heavy atom. The van der Waals surface area contributed by atoms with Crippen molar-refractivity contribution in [3.63, 3.8) is 0 Å². The molecule has 25 heteroatoms. The summed E-state index contributed by atoms with van der Waals surface area (Å²) in [6.45, 7) is -1.38. The molecule has 0 saturated carbocycles. The average Bonchev–Trinajstić information content (AvgIpc) is 3.14.